The quantitative estimate of drug-likeness (QED) is 0.203. The third kappa shape index (κ3) is 5.14. The Hall–Kier alpha value is -4.53. The molecule has 5 aromatic rings. The minimum absolute atomic E-state index is 0.130. The van der Waals surface area contributed by atoms with Crippen molar-refractivity contribution in [1.29, 1.82) is 5.26 Å². The Labute approximate surface area is 262 Å². The van der Waals surface area contributed by atoms with Crippen molar-refractivity contribution in [3.05, 3.63) is 73.4 Å². The first-order chi connectivity index (χ1) is 21.1. The van der Waals surface area contributed by atoms with Crippen molar-refractivity contribution in [2.75, 3.05) is 25.6 Å². The molecule has 224 valence electrons. The van der Waals surface area contributed by atoms with Gasteiger partial charge in [0.1, 0.15) is 29.8 Å². The molecule has 0 saturated heterocycles. The molecular formula is C32H29ClN6O4S. The lowest BCUT2D eigenvalue weighted by Gasteiger charge is -2.19. The van der Waals surface area contributed by atoms with Crippen LogP contribution in [0.4, 0.5) is 5.82 Å². The second-order valence-corrected chi connectivity index (χ2v) is 12.3. The zero-order chi connectivity index (χ0) is 31.3. The van der Waals surface area contributed by atoms with Crippen LogP contribution >= 0.6 is 22.9 Å². The Kier molecular flexibility index (Phi) is 7.73. The fourth-order valence-electron chi connectivity index (χ4n) is 5.42. The molecule has 0 atom stereocenters. The van der Waals surface area contributed by atoms with Crippen molar-refractivity contribution in [2.45, 2.75) is 45.6 Å². The average molecular weight is 629 g/mol. The predicted octanol–water partition coefficient (Wildman–Crippen LogP) is 6.18. The number of halogens is 1. The third-order valence-corrected chi connectivity index (χ3v) is 9.01. The van der Waals surface area contributed by atoms with Gasteiger partial charge < -0.3 is 14.7 Å². The van der Waals surface area contributed by atoms with E-state index in [9.17, 15) is 20.0 Å². The highest BCUT2D eigenvalue weighted by Gasteiger charge is 2.32. The van der Waals surface area contributed by atoms with Gasteiger partial charge >= 0.3 is 5.97 Å². The van der Waals surface area contributed by atoms with Gasteiger partial charge in [0.25, 0.3) is 5.56 Å². The normalized spacial score (nSPS) is 12.9. The highest BCUT2D eigenvalue weighted by atomic mass is 35.5. The SMILES string of the molecule is CCc1cc(-c2cc(Cl)ccc2OCCn2c(C)nc3c(N(C)C)nc(C4CC4)c(C#N)c3c2=O)c2scc(C(=O)O)c2n1. The molecule has 0 aliphatic heterocycles. The van der Waals surface area contributed by atoms with Gasteiger partial charge in [-0.3, -0.25) is 14.3 Å². The smallest absolute Gasteiger partial charge is 0.338 e. The molecule has 0 radical (unpaired) electrons. The van der Waals surface area contributed by atoms with Crippen molar-refractivity contribution >= 4 is 55.8 Å². The molecule has 10 nitrogen and oxygen atoms in total. The molecule has 1 N–H and O–H groups in total. The van der Waals surface area contributed by atoms with Crippen LogP contribution in [0.2, 0.25) is 5.02 Å². The maximum Gasteiger partial charge on any atom is 0.338 e. The Morgan fingerprint density at radius 3 is 2.64 bits per heavy atom. The van der Waals surface area contributed by atoms with Crippen LogP contribution in [0.5, 0.6) is 5.75 Å². The lowest BCUT2D eigenvalue weighted by atomic mass is 10.0. The molecule has 0 spiro atoms. The highest BCUT2D eigenvalue weighted by molar-refractivity contribution is 7.18. The van der Waals surface area contributed by atoms with Crippen molar-refractivity contribution in [3.8, 4) is 22.9 Å². The number of fused-ring (bicyclic) bond motifs is 2. The van der Waals surface area contributed by atoms with Gasteiger partial charge in [0.15, 0.2) is 5.82 Å². The second-order valence-electron chi connectivity index (χ2n) is 11.0. The zero-order valence-electron chi connectivity index (χ0n) is 24.6. The van der Waals surface area contributed by atoms with E-state index in [1.54, 1.807) is 30.5 Å². The molecule has 6 rings (SSSR count). The Bertz CT molecular complexity index is 2080. The number of rotatable bonds is 9. The Balaban J connectivity index is 1.39. The topological polar surface area (TPSA) is 134 Å². The monoisotopic (exact) mass is 628 g/mol. The fraction of sp³-hybridized carbons (Fsp3) is 0.312. The number of aryl methyl sites for hydroxylation is 2. The van der Waals surface area contributed by atoms with Gasteiger partial charge in [-0.2, -0.15) is 5.26 Å². The lowest BCUT2D eigenvalue weighted by Crippen LogP contribution is -2.28. The summed E-state index contributed by atoms with van der Waals surface area (Å²) in [5.41, 5.74) is 3.87. The summed E-state index contributed by atoms with van der Waals surface area (Å²) >= 11 is 7.73. The summed E-state index contributed by atoms with van der Waals surface area (Å²) in [4.78, 5) is 41.7. The molecular weight excluding hydrogens is 600 g/mol. The van der Waals surface area contributed by atoms with Crippen molar-refractivity contribution in [3.63, 3.8) is 0 Å². The van der Waals surface area contributed by atoms with Crippen LogP contribution in [0, 0.1) is 18.3 Å². The van der Waals surface area contributed by atoms with Crippen LogP contribution < -0.4 is 15.2 Å². The molecule has 1 saturated carbocycles. The van der Waals surface area contributed by atoms with Gasteiger partial charge in [-0.15, -0.1) is 11.3 Å². The van der Waals surface area contributed by atoms with E-state index in [-0.39, 0.29) is 35.6 Å². The van der Waals surface area contributed by atoms with E-state index in [0.29, 0.717) is 56.7 Å². The van der Waals surface area contributed by atoms with E-state index < -0.39 is 5.97 Å². The summed E-state index contributed by atoms with van der Waals surface area (Å²) < 4.78 is 8.53. The van der Waals surface area contributed by atoms with Crippen molar-refractivity contribution in [2.24, 2.45) is 0 Å². The fourth-order valence-corrected chi connectivity index (χ4v) is 6.60. The molecule has 0 unspecified atom stereocenters. The number of carboxylic acid groups (broad SMARTS) is 1. The van der Waals surface area contributed by atoms with Crippen LogP contribution in [0.3, 0.4) is 0 Å². The summed E-state index contributed by atoms with van der Waals surface area (Å²) in [5, 5.41) is 22.2. The second kappa shape index (κ2) is 11.5. The maximum atomic E-state index is 13.9. The van der Waals surface area contributed by atoms with E-state index in [1.165, 1.54) is 15.9 Å². The first-order valence-electron chi connectivity index (χ1n) is 14.2. The zero-order valence-corrected chi connectivity index (χ0v) is 26.2. The van der Waals surface area contributed by atoms with Gasteiger partial charge in [-0.05, 0) is 50.5 Å². The van der Waals surface area contributed by atoms with Crippen LogP contribution in [0.1, 0.15) is 58.8 Å². The van der Waals surface area contributed by atoms with Gasteiger partial charge in [0, 0.05) is 47.2 Å². The number of carboxylic acids is 1. The van der Waals surface area contributed by atoms with E-state index >= 15 is 0 Å². The van der Waals surface area contributed by atoms with Crippen molar-refractivity contribution in [1.82, 2.24) is 19.5 Å². The van der Waals surface area contributed by atoms with Crippen LogP contribution in [-0.4, -0.2) is 51.3 Å². The molecule has 1 aliphatic rings. The number of pyridine rings is 2. The van der Waals surface area contributed by atoms with Crippen LogP contribution in [-0.2, 0) is 13.0 Å². The Morgan fingerprint density at radius 2 is 1.98 bits per heavy atom. The number of hydrogen-bond donors (Lipinski definition) is 1. The minimum atomic E-state index is -1.03. The minimum Gasteiger partial charge on any atom is -0.491 e. The van der Waals surface area contributed by atoms with Gasteiger partial charge in [-0.1, -0.05) is 18.5 Å². The number of aromatic carboxylic acids is 1. The summed E-state index contributed by atoms with van der Waals surface area (Å²) in [6.45, 7) is 4.03. The molecule has 0 amide bonds. The molecule has 1 fully saturated rings. The van der Waals surface area contributed by atoms with Gasteiger partial charge in [-0.25, -0.2) is 14.8 Å². The number of nitrogens with zero attached hydrogens (tertiary/aromatic N) is 6. The molecule has 0 bridgehead atoms. The molecule has 4 aromatic heterocycles. The largest absolute Gasteiger partial charge is 0.491 e. The van der Waals surface area contributed by atoms with Gasteiger partial charge in [0.2, 0.25) is 0 Å². The number of anilines is 1. The first-order valence-corrected chi connectivity index (χ1v) is 15.5. The lowest BCUT2D eigenvalue weighted by molar-refractivity contribution is 0.0699. The summed E-state index contributed by atoms with van der Waals surface area (Å²) in [6.07, 6.45) is 2.50. The number of ether oxygens (including phenoxy) is 1. The summed E-state index contributed by atoms with van der Waals surface area (Å²) in [7, 11) is 3.70. The first kappa shape index (κ1) is 29.5. The average Bonchev–Trinajstić information content (AvgIpc) is 3.75. The van der Waals surface area contributed by atoms with E-state index in [1.807, 2.05) is 32.0 Å². The number of aromatic nitrogens is 4. The number of thiophene rings is 1. The van der Waals surface area contributed by atoms with Gasteiger partial charge in [0.05, 0.1) is 39.0 Å². The van der Waals surface area contributed by atoms with E-state index in [2.05, 4.69) is 11.1 Å². The summed E-state index contributed by atoms with van der Waals surface area (Å²) in [5.74, 6) is 0.731. The number of carbonyl (C=O) groups is 1. The number of nitriles is 1. The summed E-state index contributed by atoms with van der Waals surface area (Å²) in [6, 6.07) is 9.45. The van der Waals surface area contributed by atoms with Crippen LogP contribution in [0.25, 0.3) is 32.2 Å². The molecule has 1 aromatic carbocycles. The molecule has 4 heterocycles. The molecule has 44 heavy (non-hydrogen) atoms. The van der Waals surface area contributed by atoms with Crippen LogP contribution in [0.15, 0.2) is 34.4 Å². The Morgan fingerprint density at radius 1 is 1.20 bits per heavy atom. The number of hydrogen-bond acceptors (Lipinski definition) is 9. The van der Waals surface area contributed by atoms with Crippen molar-refractivity contribution < 1.29 is 14.6 Å². The predicted molar refractivity (Wildman–Crippen MR) is 171 cm³/mol. The van der Waals surface area contributed by atoms with E-state index in [4.69, 9.17) is 26.3 Å². The molecule has 12 heteroatoms. The highest BCUT2D eigenvalue weighted by Crippen LogP contribution is 2.43. The molecule has 1 aliphatic carbocycles. The standard InChI is InChI=1S/C32H29ClN6O4S/c1-5-19-13-21(29-27(36-19)23(15-44-29)32(41)42)20-12-18(33)8-9-24(20)43-11-10-39-16(2)35-28-25(31(39)40)22(14-34)26(17-6-7-17)37-30(28)38(3)4/h8-9,12-13,15,17H,5-7,10-11H2,1-4H3,(H,41,42). The number of benzene rings is 1. The third-order valence-electron chi connectivity index (χ3n) is 7.78. The van der Waals surface area contributed by atoms with E-state index in [0.717, 1.165) is 28.8 Å². The maximum absolute atomic E-state index is 13.9.